The van der Waals surface area contributed by atoms with Crippen LogP contribution in [0.3, 0.4) is 0 Å². The van der Waals surface area contributed by atoms with E-state index in [0.717, 1.165) is 11.0 Å². The molecular weight excluding hydrogens is 302 g/mol. The fourth-order valence-electron chi connectivity index (χ4n) is 1.59. The molecule has 0 bridgehead atoms. The molecule has 0 aliphatic carbocycles. The van der Waals surface area contributed by atoms with Gasteiger partial charge in [-0.1, -0.05) is 6.07 Å². The number of hydrogen-bond donors (Lipinski definition) is 2. The number of nitrogens with zero attached hydrogens (tertiary/aromatic N) is 3. The molecule has 7 nitrogen and oxygen atoms in total. The van der Waals surface area contributed by atoms with Gasteiger partial charge in [-0.2, -0.15) is 5.26 Å². The van der Waals surface area contributed by atoms with Crippen molar-refractivity contribution in [2.75, 3.05) is 11.9 Å². The number of anilines is 1. The molecule has 3 N–H and O–H groups in total. The summed E-state index contributed by atoms with van der Waals surface area (Å²) >= 11 is 1.44. The van der Waals surface area contributed by atoms with Gasteiger partial charge >= 0.3 is 0 Å². The minimum absolute atomic E-state index is 0.0798. The van der Waals surface area contributed by atoms with E-state index in [2.05, 4.69) is 15.3 Å². The molecule has 0 aliphatic rings. The first-order valence-electron chi connectivity index (χ1n) is 6.16. The van der Waals surface area contributed by atoms with Crippen LogP contribution in [0, 0.1) is 11.3 Å². The molecule has 0 aromatic carbocycles. The Labute approximate surface area is 130 Å². The lowest BCUT2D eigenvalue weighted by Crippen LogP contribution is -2.22. The lowest BCUT2D eigenvalue weighted by Gasteiger charge is -2.08. The molecule has 2 aromatic heterocycles. The Kier molecular flexibility index (Phi) is 5.08. The summed E-state index contributed by atoms with van der Waals surface area (Å²) in [4.78, 5) is 31.6. The van der Waals surface area contributed by atoms with Gasteiger partial charge in [-0.15, -0.1) is 11.3 Å². The van der Waals surface area contributed by atoms with Crippen molar-refractivity contribution in [1.29, 1.82) is 5.26 Å². The summed E-state index contributed by atoms with van der Waals surface area (Å²) in [6, 6.07) is 5.58. The fourth-order valence-corrected chi connectivity index (χ4v) is 2.25. The molecule has 0 spiro atoms. The van der Waals surface area contributed by atoms with Crippen molar-refractivity contribution in [2.24, 2.45) is 5.73 Å². The van der Waals surface area contributed by atoms with Gasteiger partial charge in [0.05, 0.1) is 11.1 Å². The number of carbonyl (C=O) groups is 2. The predicted octanol–water partition coefficient (Wildman–Crippen LogP) is 1.10. The molecular formula is C14H11N5O2S. The van der Waals surface area contributed by atoms with Gasteiger partial charge in [-0.05, 0) is 17.5 Å². The molecule has 0 radical (unpaired) electrons. The van der Waals surface area contributed by atoms with Crippen LogP contribution in [0.5, 0.6) is 0 Å². The van der Waals surface area contributed by atoms with E-state index in [-0.39, 0.29) is 23.5 Å². The quantitative estimate of drug-likeness (QED) is 0.629. The fraction of sp³-hybridized carbons (Fsp3) is 0.0714. The number of aromatic nitrogens is 2. The number of nitrogens with one attached hydrogen (secondary N) is 1. The third kappa shape index (κ3) is 3.41. The number of nitrogens with two attached hydrogens (primary N) is 1. The summed E-state index contributed by atoms with van der Waals surface area (Å²) in [5.41, 5.74) is 5.62. The molecule has 0 saturated heterocycles. The molecule has 0 atom stereocenters. The molecule has 2 rings (SSSR count). The van der Waals surface area contributed by atoms with E-state index in [9.17, 15) is 9.59 Å². The first kappa shape index (κ1) is 15.5. The van der Waals surface area contributed by atoms with Crippen molar-refractivity contribution in [1.82, 2.24) is 9.97 Å². The average Bonchev–Trinajstić information content (AvgIpc) is 3.06. The third-order valence-corrected chi connectivity index (χ3v) is 3.53. The van der Waals surface area contributed by atoms with Crippen molar-refractivity contribution in [2.45, 2.75) is 0 Å². The van der Waals surface area contributed by atoms with Crippen LogP contribution < -0.4 is 11.1 Å². The van der Waals surface area contributed by atoms with Gasteiger partial charge < -0.3 is 11.1 Å². The van der Waals surface area contributed by atoms with E-state index in [1.165, 1.54) is 17.5 Å². The zero-order valence-electron chi connectivity index (χ0n) is 11.3. The number of thiophene rings is 1. The van der Waals surface area contributed by atoms with Crippen molar-refractivity contribution in [3.8, 4) is 16.8 Å². The maximum atomic E-state index is 12.0. The molecule has 0 unspecified atom stereocenters. The molecule has 0 fully saturated rings. The van der Waals surface area contributed by atoms with E-state index in [1.807, 2.05) is 23.6 Å². The van der Waals surface area contributed by atoms with E-state index < -0.39 is 5.91 Å². The first-order valence-corrected chi connectivity index (χ1v) is 7.04. The third-order valence-electron chi connectivity index (χ3n) is 2.66. The zero-order chi connectivity index (χ0) is 15.9. The van der Waals surface area contributed by atoms with Crippen molar-refractivity contribution < 1.29 is 9.59 Å². The number of allylic oxidation sites excluding steroid dienone is 1. The van der Waals surface area contributed by atoms with Crippen LogP contribution in [0.2, 0.25) is 0 Å². The molecule has 22 heavy (non-hydrogen) atoms. The molecule has 8 heteroatoms. The summed E-state index contributed by atoms with van der Waals surface area (Å²) in [6.07, 6.45) is 2.88. The highest BCUT2D eigenvalue weighted by atomic mass is 32.1. The monoisotopic (exact) mass is 313 g/mol. The summed E-state index contributed by atoms with van der Waals surface area (Å²) in [7, 11) is 0. The molecule has 110 valence electrons. The minimum atomic E-state index is -0.582. The number of amides is 1. The largest absolute Gasteiger partial charge is 0.326 e. The molecule has 0 aliphatic heterocycles. The van der Waals surface area contributed by atoms with Crippen LogP contribution in [0.15, 0.2) is 35.4 Å². The Bertz CT molecular complexity index is 762. The molecule has 0 saturated carbocycles. The number of nitriles is 1. The molecule has 2 heterocycles. The van der Waals surface area contributed by atoms with Crippen LogP contribution in [0.1, 0.15) is 5.56 Å². The average molecular weight is 313 g/mol. The Hall–Kier alpha value is -2.89. The van der Waals surface area contributed by atoms with E-state index in [4.69, 9.17) is 11.0 Å². The lowest BCUT2D eigenvalue weighted by molar-refractivity contribution is -0.113. The highest BCUT2D eigenvalue weighted by Crippen LogP contribution is 2.23. The minimum Gasteiger partial charge on any atom is -0.326 e. The van der Waals surface area contributed by atoms with E-state index in [0.29, 0.717) is 12.1 Å². The molecule has 1 amide bonds. The number of hydrogen-bond acceptors (Lipinski definition) is 7. The van der Waals surface area contributed by atoms with Crippen LogP contribution in [-0.2, 0) is 9.59 Å². The Morgan fingerprint density at radius 3 is 2.95 bits per heavy atom. The summed E-state index contributed by atoms with van der Waals surface area (Å²) < 4.78 is 0. The highest BCUT2D eigenvalue weighted by molar-refractivity contribution is 7.13. The van der Waals surface area contributed by atoms with Gasteiger partial charge in [-0.3, -0.25) is 9.59 Å². The Balaban J connectivity index is 2.35. The van der Waals surface area contributed by atoms with Gasteiger partial charge in [0, 0.05) is 12.1 Å². The predicted molar refractivity (Wildman–Crippen MR) is 81.9 cm³/mol. The van der Waals surface area contributed by atoms with Crippen molar-refractivity contribution in [3.05, 3.63) is 40.9 Å². The smallest absolute Gasteiger partial charge is 0.254 e. The second kappa shape index (κ2) is 7.21. The summed E-state index contributed by atoms with van der Waals surface area (Å²) in [5.74, 6) is -0.101. The van der Waals surface area contributed by atoms with Crippen LogP contribution >= 0.6 is 11.3 Å². The summed E-state index contributed by atoms with van der Waals surface area (Å²) in [6.45, 7) is -0.102. The summed E-state index contributed by atoms with van der Waals surface area (Å²) in [5, 5.41) is 13.4. The van der Waals surface area contributed by atoms with Crippen molar-refractivity contribution in [3.63, 3.8) is 0 Å². The lowest BCUT2D eigenvalue weighted by atomic mass is 10.2. The van der Waals surface area contributed by atoms with Gasteiger partial charge in [-0.25, -0.2) is 9.97 Å². The van der Waals surface area contributed by atoms with Crippen LogP contribution in [0.25, 0.3) is 10.7 Å². The van der Waals surface area contributed by atoms with Gasteiger partial charge in [0.15, 0.2) is 11.6 Å². The Morgan fingerprint density at radius 1 is 1.55 bits per heavy atom. The highest BCUT2D eigenvalue weighted by Gasteiger charge is 2.14. The Morgan fingerprint density at radius 2 is 2.36 bits per heavy atom. The standard InChI is InChI=1S/C14H11N5O2S/c15-6-9(3-4-20)14(21)19-12-10(7-16)8-17-13(18-12)11-2-1-5-22-11/h1-5,8H,6,15H2,(H,17,18,19,21)/b9-3-. The normalized spacial score (nSPS) is 10.8. The maximum absolute atomic E-state index is 12.0. The van der Waals surface area contributed by atoms with Gasteiger partial charge in [0.25, 0.3) is 5.91 Å². The second-order valence-electron chi connectivity index (χ2n) is 4.03. The van der Waals surface area contributed by atoms with Gasteiger partial charge in [0.1, 0.15) is 17.9 Å². The first-order chi connectivity index (χ1) is 10.7. The van der Waals surface area contributed by atoms with Crippen molar-refractivity contribution >= 4 is 29.3 Å². The second-order valence-corrected chi connectivity index (χ2v) is 4.98. The van der Waals surface area contributed by atoms with E-state index in [1.54, 1.807) is 0 Å². The van der Waals surface area contributed by atoms with E-state index >= 15 is 0 Å². The van der Waals surface area contributed by atoms with Gasteiger partial charge in [0.2, 0.25) is 0 Å². The number of aldehydes is 1. The number of rotatable bonds is 5. The zero-order valence-corrected chi connectivity index (χ0v) is 12.1. The van der Waals surface area contributed by atoms with Crippen LogP contribution in [-0.4, -0.2) is 28.7 Å². The van der Waals surface area contributed by atoms with Crippen LogP contribution in [0.4, 0.5) is 5.82 Å². The topological polar surface area (TPSA) is 122 Å². The molecule has 2 aromatic rings. The number of carbonyl (C=O) groups excluding carboxylic acids is 2. The maximum Gasteiger partial charge on any atom is 0.254 e. The SMILES string of the molecule is N#Cc1cnc(-c2cccs2)nc1NC(=O)/C(=C\C=O)CN.